The highest BCUT2D eigenvalue weighted by atomic mass is 32.1. The minimum absolute atomic E-state index is 0.0159. The maximum Gasteiger partial charge on any atom is 0.238 e. The fraction of sp³-hybridized carbons (Fsp3) is 0.455. The van der Waals surface area contributed by atoms with Crippen LogP contribution in [0.25, 0.3) is 0 Å². The van der Waals surface area contributed by atoms with E-state index in [1.165, 1.54) is 4.88 Å². The molecule has 0 saturated carbocycles. The third kappa shape index (κ3) is 6.66. The predicted octanol–water partition coefficient (Wildman–Crippen LogP) is 2.28. The van der Waals surface area contributed by atoms with E-state index < -0.39 is 0 Å². The van der Waals surface area contributed by atoms with E-state index in [9.17, 15) is 9.59 Å². The van der Waals surface area contributed by atoms with Gasteiger partial charge in [0.2, 0.25) is 11.8 Å². The van der Waals surface area contributed by atoms with Crippen LogP contribution in [0.5, 0.6) is 0 Å². The van der Waals surface area contributed by atoms with Gasteiger partial charge in [-0.3, -0.25) is 19.4 Å². The van der Waals surface area contributed by atoms with E-state index in [4.69, 9.17) is 0 Å². The highest BCUT2D eigenvalue weighted by molar-refractivity contribution is 7.09. The van der Waals surface area contributed by atoms with Gasteiger partial charge in [-0.1, -0.05) is 24.3 Å². The lowest BCUT2D eigenvalue weighted by Crippen LogP contribution is -2.51. The van der Waals surface area contributed by atoms with E-state index in [2.05, 4.69) is 31.9 Å². The number of amides is 2. The molecule has 0 radical (unpaired) electrons. The summed E-state index contributed by atoms with van der Waals surface area (Å²) >= 11 is 1.72. The van der Waals surface area contributed by atoms with Gasteiger partial charge in [0, 0.05) is 43.3 Å². The Morgan fingerprint density at radius 2 is 1.55 bits per heavy atom. The summed E-state index contributed by atoms with van der Waals surface area (Å²) in [6.07, 6.45) is 0.882. The smallest absolute Gasteiger partial charge is 0.238 e. The second kappa shape index (κ2) is 10.5. The van der Waals surface area contributed by atoms with E-state index >= 15 is 0 Å². The summed E-state index contributed by atoms with van der Waals surface area (Å²) < 4.78 is 0. The fourth-order valence-corrected chi connectivity index (χ4v) is 4.25. The lowest BCUT2D eigenvalue weighted by Gasteiger charge is -2.33. The Morgan fingerprint density at radius 1 is 0.931 bits per heavy atom. The fourth-order valence-electron chi connectivity index (χ4n) is 3.54. The molecule has 0 unspecified atom stereocenters. The minimum atomic E-state index is 0.0159. The number of nitrogens with one attached hydrogen (secondary N) is 2. The van der Waals surface area contributed by atoms with Crippen LogP contribution in [0.15, 0.2) is 35.7 Å². The normalized spacial score (nSPS) is 15.2. The van der Waals surface area contributed by atoms with Gasteiger partial charge in [0.1, 0.15) is 0 Å². The first kappa shape index (κ1) is 21.5. The average molecular weight is 415 g/mol. The number of hydrogen-bond acceptors (Lipinski definition) is 5. The van der Waals surface area contributed by atoms with Crippen molar-refractivity contribution in [1.29, 1.82) is 0 Å². The average Bonchev–Trinajstić information content (AvgIpc) is 3.20. The minimum Gasteiger partial charge on any atom is -0.355 e. The Balaban J connectivity index is 1.34. The Hall–Kier alpha value is -2.22. The van der Waals surface area contributed by atoms with Crippen LogP contribution in [-0.2, 0) is 16.0 Å². The summed E-state index contributed by atoms with van der Waals surface area (Å²) in [7, 11) is 0. The summed E-state index contributed by atoms with van der Waals surface area (Å²) in [6.45, 7) is 8.69. The van der Waals surface area contributed by atoms with Crippen molar-refractivity contribution >= 4 is 28.8 Å². The molecule has 0 spiro atoms. The second-order valence-electron chi connectivity index (χ2n) is 7.55. The Kier molecular flexibility index (Phi) is 7.80. The van der Waals surface area contributed by atoms with Crippen LogP contribution in [0.3, 0.4) is 0 Å². The number of anilines is 1. The molecule has 3 rings (SSSR count). The van der Waals surface area contributed by atoms with E-state index in [1.54, 1.807) is 11.3 Å². The van der Waals surface area contributed by atoms with Crippen LogP contribution in [0, 0.1) is 13.8 Å². The summed E-state index contributed by atoms with van der Waals surface area (Å²) in [5.41, 5.74) is 3.07. The molecule has 2 heterocycles. The lowest BCUT2D eigenvalue weighted by atomic mass is 10.1. The number of carbonyl (C=O) groups excluding carboxylic acids is 2. The highest BCUT2D eigenvalue weighted by Crippen LogP contribution is 2.19. The molecule has 1 aliphatic heterocycles. The molecule has 1 fully saturated rings. The number of nitrogens with zero attached hydrogens (tertiary/aromatic N) is 2. The molecule has 0 atom stereocenters. The van der Waals surface area contributed by atoms with E-state index in [1.807, 2.05) is 38.1 Å². The third-order valence-electron chi connectivity index (χ3n) is 5.22. The summed E-state index contributed by atoms with van der Waals surface area (Å²) in [4.78, 5) is 30.2. The number of rotatable bonds is 8. The van der Waals surface area contributed by atoms with Gasteiger partial charge in [-0.15, -0.1) is 11.3 Å². The van der Waals surface area contributed by atoms with Crippen molar-refractivity contribution in [2.75, 3.05) is 51.1 Å². The van der Waals surface area contributed by atoms with Gasteiger partial charge in [0.25, 0.3) is 0 Å². The predicted molar refractivity (Wildman–Crippen MR) is 118 cm³/mol. The molecule has 0 aliphatic carbocycles. The molecule has 1 saturated heterocycles. The van der Waals surface area contributed by atoms with Gasteiger partial charge >= 0.3 is 0 Å². The van der Waals surface area contributed by atoms with Crippen molar-refractivity contribution in [2.24, 2.45) is 0 Å². The molecule has 1 aromatic heterocycles. The topological polar surface area (TPSA) is 64.7 Å². The van der Waals surface area contributed by atoms with Gasteiger partial charge < -0.3 is 10.6 Å². The molecular weight excluding hydrogens is 384 g/mol. The zero-order valence-electron chi connectivity index (χ0n) is 17.2. The molecule has 2 N–H and O–H groups in total. The van der Waals surface area contributed by atoms with Crippen LogP contribution < -0.4 is 10.6 Å². The Labute approximate surface area is 176 Å². The number of carbonyl (C=O) groups is 2. The van der Waals surface area contributed by atoms with Crippen molar-refractivity contribution < 1.29 is 9.59 Å². The van der Waals surface area contributed by atoms with Crippen LogP contribution >= 0.6 is 11.3 Å². The number of piperazine rings is 1. The van der Waals surface area contributed by atoms with Gasteiger partial charge in [-0.05, 0) is 42.8 Å². The zero-order chi connectivity index (χ0) is 20.6. The quantitative estimate of drug-likeness (QED) is 0.696. The van der Waals surface area contributed by atoms with Crippen molar-refractivity contribution in [3.8, 4) is 0 Å². The standard InChI is InChI=1S/C22H30N4O2S/c1-17-5-3-6-18(2)22(17)24-21(28)16-26-12-10-25(11-13-26)15-20(27)23-9-8-19-7-4-14-29-19/h3-7,14H,8-13,15-16H2,1-2H3,(H,23,27)(H,24,28). The molecule has 0 bridgehead atoms. The Morgan fingerprint density at radius 3 is 2.14 bits per heavy atom. The number of benzene rings is 1. The number of aryl methyl sites for hydroxylation is 2. The lowest BCUT2D eigenvalue weighted by molar-refractivity contribution is -0.123. The van der Waals surface area contributed by atoms with Crippen LogP contribution in [-0.4, -0.2) is 67.4 Å². The van der Waals surface area contributed by atoms with Crippen molar-refractivity contribution in [1.82, 2.24) is 15.1 Å². The summed E-state index contributed by atoms with van der Waals surface area (Å²) in [5.74, 6) is 0.0879. The van der Waals surface area contributed by atoms with Gasteiger partial charge in [-0.25, -0.2) is 0 Å². The maximum absolute atomic E-state index is 12.4. The number of hydrogen-bond donors (Lipinski definition) is 2. The first-order chi connectivity index (χ1) is 14.0. The molecule has 6 nitrogen and oxygen atoms in total. The first-order valence-corrected chi connectivity index (χ1v) is 11.0. The number of thiophene rings is 1. The summed E-state index contributed by atoms with van der Waals surface area (Å²) in [5, 5.41) is 8.10. The van der Waals surface area contributed by atoms with E-state index in [0.29, 0.717) is 19.6 Å². The maximum atomic E-state index is 12.4. The molecule has 1 aromatic carbocycles. The molecule has 156 valence electrons. The van der Waals surface area contributed by atoms with Crippen LogP contribution in [0.2, 0.25) is 0 Å². The van der Waals surface area contributed by atoms with Crippen LogP contribution in [0.1, 0.15) is 16.0 Å². The summed E-state index contributed by atoms with van der Waals surface area (Å²) in [6, 6.07) is 10.1. The van der Waals surface area contributed by atoms with Crippen molar-refractivity contribution in [3.63, 3.8) is 0 Å². The Bertz CT molecular complexity index is 794. The van der Waals surface area contributed by atoms with Crippen LogP contribution in [0.4, 0.5) is 5.69 Å². The van der Waals surface area contributed by atoms with Gasteiger partial charge in [-0.2, -0.15) is 0 Å². The zero-order valence-corrected chi connectivity index (χ0v) is 18.1. The largest absolute Gasteiger partial charge is 0.355 e. The molecule has 2 amide bonds. The molecular formula is C22H30N4O2S. The molecule has 1 aliphatic rings. The number of para-hydroxylation sites is 1. The van der Waals surface area contributed by atoms with Gasteiger partial charge in [0.15, 0.2) is 0 Å². The van der Waals surface area contributed by atoms with E-state index in [-0.39, 0.29) is 11.8 Å². The highest BCUT2D eigenvalue weighted by Gasteiger charge is 2.21. The molecule has 2 aromatic rings. The molecule has 29 heavy (non-hydrogen) atoms. The van der Waals surface area contributed by atoms with E-state index in [0.717, 1.165) is 49.4 Å². The van der Waals surface area contributed by atoms with Crippen molar-refractivity contribution in [2.45, 2.75) is 20.3 Å². The SMILES string of the molecule is Cc1cccc(C)c1NC(=O)CN1CCN(CC(=O)NCCc2cccs2)CC1. The van der Waals surface area contributed by atoms with Crippen molar-refractivity contribution in [3.05, 3.63) is 51.7 Å². The third-order valence-corrected chi connectivity index (χ3v) is 6.15. The van der Waals surface area contributed by atoms with Gasteiger partial charge in [0.05, 0.1) is 13.1 Å². The first-order valence-electron chi connectivity index (χ1n) is 10.1. The molecule has 7 heteroatoms. The second-order valence-corrected chi connectivity index (χ2v) is 8.58. The monoisotopic (exact) mass is 414 g/mol.